The number of hydrogen-bond acceptors (Lipinski definition) is 4. The Bertz CT molecular complexity index is 1040. The predicted molar refractivity (Wildman–Crippen MR) is 126 cm³/mol. The first-order valence-corrected chi connectivity index (χ1v) is 11.0. The van der Waals surface area contributed by atoms with Crippen molar-refractivity contribution >= 4 is 18.0 Å². The summed E-state index contributed by atoms with van der Waals surface area (Å²) in [5, 5.41) is 12.0. The molecule has 0 atom stereocenters. The number of nitrogens with zero attached hydrogens (tertiary/aromatic N) is 1. The van der Waals surface area contributed by atoms with Crippen LogP contribution in [0.15, 0.2) is 60.2 Å². The number of carbonyl (C=O) groups excluding carboxylic acids is 2. The van der Waals surface area contributed by atoms with Gasteiger partial charge in [0, 0.05) is 24.6 Å². The van der Waals surface area contributed by atoms with Crippen LogP contribution in [0, 0.1) is 0 Å². The second kappa shape index (κ2) is 9.90. The van der Waals surface area contributed by atoms with E-state index in [2.05, 4.69) is 29.6 Å². The largest absolute Gasteiger partial charge is 0.480 e. The molecule has 0 spiro atoms. The number of ether oxygens (including phenoxy) is 1. The van der Waals surface area contributed by atoms with E-state index in [1.54, 1.807) is 19.9 Å². The molecule has 0 heterocycles. The molecule has 7 nitrogen and oxygen atoms in total. The number of rotatable bonds is 8. The number of benzene rings is 2. The molecule has 33 heavy (non-hydrogen) atoms. The molecule has 0 radical (unpaired) electrons. The maximum atomic E-state index is 12.7. The summed E-state index contributed by atoms with van der Waals surface area (Å²) in [5.41, 5.74) is 3.60. The second-order valence-corrected chi connectivity index (χ2v) is 8.51. The highest BCUT2D eigenvalue weighted by Gasteiger charge is 2.37. The number of amides is 2. The molecular formula is C26H30N2O5. The third kappa shape index (κ3) is 4.92. The fourth-order valence-corrected chi connectivity index (χ4v) is 4.15. The van der Waals surface area contributed by atoms with Gasteiger partial charge in [-0.3, -0.25) is 4.79 Å². The Kier molecular flexibility index (Phi) is 7.21. The first-order chi connectivity index (χ1) is 15.7. The van der Waals surface area contributed by atoms with Gasteiger partial charge in [0.1, 0.15) is 12.1 Å². The van der Waals surface area contributed by atoms with Crippen LogP contribution in [0.1, 0.15) is 44.7 Å². The van der Waals surface area contributed by atoms with Crippen LogP contribution in [0.3, 0.4) is 0 Å². The first kappa shape index (κ1) is 24.0. The quantitative estimate of drug-likeness (QED) is 0.588. The van der Waals surface area contributed by atoms with Crippen molar-refractivity contribution in [3.05, 3.63) is 71.3 Å². The lowest BCUT2D eigenvalue weighted by atomic mass is 9.98. The summed E-state index contributed by atoms with van der Waals surface area (Å²) in [5.74, 6) is -1.50. The molecule has 0 fully saturated rings. The van der Waals surface area contributed by atoms with Gasteiger partial charge in [-0.05, 0) is 49.9 Å². The lowest BCUT2D eigenvalue weighted by Crippen LogP contribution is -2.53. The molecule has 2 aromatic carbocycles. The van der Waals surface area contributed by atoms with Gasteiger partial charge in [0.25, 0.3) is 0 Å². The van der Waals surface area contributed by atoms with Gasteiger partial charge in [-0.2, -0.15) is 0 Å². The third-order valence-electron chi connectivity index (χ3n) is 6.10. The highest BCUT2D eigenvalue weighted by atomic mass is 16.5. The minimum Gasteiger partial charge on any atom is -0.480 e. The van der Waals surface area contributed by atoms with E-state index in [1.165, 1.54) is 18.7 Å². The number of alkyl carbamates (subject to hydrolysis) is 1. The highest BCUT2D eigenvalue weighted by Crippen LogP contribution is 2.44. The second-order valence-electron chi connectivity index (χ2n) is 8.51. The summed E-state index contributed by atoms with van der Waals surface area (Å²) < 4.78 is 5.48. The predicted octanol–water partition coefficient (Wildman–Crippen LogP) is 4.18. The monoisotopic (exact) mass is 450 g/mol. The van der Waals surface area contributed by atoms with Gasteiger partial charge in [-0.15, -0.1) is 0 Å². The molecule has 0 bridgehead atoms. The summed E-state index contributed by atoms with van der Waals surface area (Å²) in [6.07, 6.45) is 0.983. The van der Waals surface area contributed by atoms with Gasteiger partial charge in [-0.1, -0.05) is 54.6 Å². The van der Waals surface area contributed by atoms with E-state index in [-0.39, 0.29) is 31.5 Å². The van der Waals surface area contributed by atoms with Crippen LogP contribution in [-0.2, 0) is 14.3 Å². The summed E-state index contributed by atoms with van der Waals surface area (Å²) >= 11 is 0. The summed E-state index contributed by atoms with van der Waals surface area (Å²) in [6, 6.07) is 16.2. The molecular weight excluding hydrogens is 420 g/mol. The number of hydrogen-bond donors (Lipinski definition) is 2. The van der Waals surface area contributed by atoms with Crippen LogP contribution in [0.25, 0.3) is 11.1 Å². The van der Waals surface area contributed by atoms with Gasteiger partial charge in [0.05, 0.1) is 0 Å². The van der Waals surface area contributed by atoms with Crippen LogP contribution in [-0.4, -0.2) is 53.2 Å². The average molecular weight is 451 g/mol. The Morgan fingerprint density at radius 2 is 1.61 bits per heavy atom. The Morgan fingerprint density at radius 3 is 2.12 bits per heavy atom. The topological polar surface area (TPSA) is 95.9 Å². The van der Waals surface area contributed by atoms with Crippen LogP contribution in [0.5, 0.6) is 0 Å². The Hall–Kier alpha value is -3.61. The fraction of sp³-hybridized carbons (Fsp3) is 0.346. The molecule has 0 aliphatic heterocycles. The third-order valence-corrected chi connectivity index (χ3v) is 6.10. The lowest BCUT2D eigenvalue weighted by molar-refractivity contribution is -0.155. The van der Waals surface area contributed by atoms with Gasteiger partial charge >= 0.3 is 12.1 Å². The number of nitrogens with one attached hydrogen (secondary N) is 1. The van der Waals surface area contributed by atoms with Crippen LogP contribution >= 0.6 is 0 Å². The van der Waals surface area contributed by atoms with E-state index in [9.17, 15) is 19.5 Å². The van der Waals surface area contributed by atoms with E-state index in [4.69, 9.17) is 4.74 Å². The van der Waals surface area contributed by atoms with Gasteiger partial charge < -0.3 is 20.1 Å². The lowest BCUT2D eigenvalue weighted by Gasteiger charge is -2.34. The van der Waals surface area contributed by atoms with Crippen molar-refractivity contribution in [1.82, 2.24) is 10.2 Å². The number of carbonyl (C=O) groups is 3. The van der Waals surface area contributed by atoms with Crippen LogP contribution < -0.4 is 5.32 Å². The summed E-state index contributed by atoms with van der Waals surface area (Å²) in [6.45, 7) is 6.85. The van der Waals surface area contributed by atoms with Crippen LogP contribution in [0.4, 0.5) is 4.79 Å². The van der Waals surface area contributed by atoms with E-state index in [1.807, 2.05) is 24.3 Å². The number of aliphatic carboxylic acids is 1. The zero-order valence-electron chi connectivity index (χ0n) is 19.4. The number of carboxylic acids is 1. The number of carboxylic acid groups (broad SMARTS) is 1. The molecule has 2 amide bonds. The molecule has 0 saturated carbocycles. The van der Waals surface area contributed by atoms with Gasteiger partial charge in [0.15, 0.2) is 0 Å². The first-order valence-electron chi connectivity index (χ1n) is 11.0. The van der Waals surface area contributed by atoms with Crippen LogP contribution in [0.2, 0.25) is 0 Å². The smallest absolute Gasteiger partial charge is 0.407 e. The van der Waals surface area contributed by atoms with E-state index >= 15 is 0 Å². The van der Waals surface area contributed by atoms with Crippen molar-refractivity contribution in [2.24, 2.45) is 0 Å². The molecule has 0 saturated heterocycles. The summed E-state index contributed by atoms with van der Waals surface area (Å²) in [7, 11) is 0. The Morgan fingerprint density at radius 1 is 1.06 bits per heavy atom. The standard InChI is InChI=1S/C26H30N2O5/c1-5-28(26(3,4)24(30)31)23(29)17(2)14-15-27-25(32)33-16-22-20-12-8-6-10-18(20)19-11-7-9-13-21(19)22/h6-14,22H,5,15-16H2,1-4H3,(H,27,32)(H,30,31)/b17-14+. The summed E-state index contributed by atoms with van der Waals surface area (Å²) in [4.78, 5) is 37.7. The number of fused-ring (bicyclic) bond motifs is 3. The van der Waals surface area contributed by atoms with E-state index in [0.29, 0.717) is 5.57 Å². The Balaban J connectivity index is 1.57. The minimum absolute atomic E-state index is 0.0293. The molecule has 174 valence electrons. The molecule has 7 heteroatoms. The molecule has 0 aromatic heterocycles. The zero-order chi connectivity index (χ0) is 24.2. The van der Waals surface area contributed by atoms with Gasteiger partial charge in [-0.25, -0.2) is 9.59 Å². The SMILES string of the molecule is CCN(C(=O)/C(C)=C/CNC(=O)OCC1c2ccccc2-c2ccccc21)C(C)(C)C(=O)O. The normalized spacial score (nSPS) is 13.2. The average Bonchev–Trinajstić information content (AvgIpc) is 3.11. The molecule has 2 aromatic rings. The minimum atomic E-state index is -1.33. The molecule has 2 N–H and O–H groups in total. The maximum absolute atomic E-state index is 12.7. The van der Waals surface area contributed by atoms with E-state index in [0.717, 1.165) is 22.3 Å². The van der Waals surface area contributed by atoms with Crippen molar-refractivity contribution in [1.29, 1.82) is 0 Å². The fourth-order valence-electron chi connectivity index (χ4n) is 4.15. The molecule has 3 rings (SSSR count). The zero-order valence-corrected chi connectivity index (χ0v) is 19.4. The molecule has 1 aliphatic rings. The van der Waals surface area contributed by atoms with E-state index < -0.39 is 17.6 Å². The van der Waals surface area contributed by atoms with Crippen molar-refractivity contribution in [2.75, 3.05) is 19.7 Å². The highest BCUT2D eigenvalue weighted by molar-refractivity contribution is 5.96. The number of likely N-dealkylation sites (N-methyl/N-ethyl adjacent to an activating group) is 1. The van der Waals surface area contributed by atoms with Gasteiger partial charge in [0.2, 0.25) is 5.91 Å². The molecule has 0 unspecified atom stereocenters. The van der Waals surface area contributed by atoms with Crippen molar-refractivity contribution in [3.63, 3.8) is 0 Å². The van der Waals surface area contributed by atoms with Crippen molar-refractivity contribution < 1.29 is 24.2 Å². The van der Waals surface area contributed by atoms with Crippen molar-refractivity contribution in [2.45, 2.75) is 39.2 Å². The Labute approximate surface area is 194 Å². The molecule has 1 aliphatic carbocycles. The van der Waals surface area contributed by atoms with Crippen molar-refractivity contribution in [3.8, 4) is 11.1 Å². The maximum Gasteiger partial charge on any atom is 0.407 e.